The van der Waals surface area contributed by atoms with E-state index in [9.17, 15) is 0 Å². The average Bonchev–Trinajstić information content (AvgIpc) is 2.70. The van der Waals surface area contributed by atoms with Gasteiger partial charge in [0.15, 0.2) is 0 Å². The largest absolute Gasteiger partial charge is 0.331 e. The van der Waals surface area contributed by atoms with Crippen molar-refractivity contribution in [2.75, 3.05) is 0 Å². The Labute approximate surface area is 149 Å². The van der Waals surface area contributed by atoms with Crippen LogP contribution in [0.5, 0.6) is 0 Å². The lowest BCUT2D eigenvalue weighted by atomic mass is 10.2. The van der Waals surface area contributed by atoms with E-state index in [-0.39, 0.29) is 0 Å². The summed E-state index contributed by atoms with van der Waals surface area (Å²) in [6.45, 7) is 0. The first kappa shape index (κ1) is 16.5. The van der Waals surface area contributed by atoms with Gasteiger partial charge < -0.3 is 4.90 Å². The molecule has 0 saturated heterocycles. The summed E-state index contributed by atoms with van der Waals surface area (Å²) < 4.78 is 0. The van der Waals surface area contributed by atoms with Gasteiger partial charge in [0.25, 0.3) is 0 Å². The topological polar surface area (TPSA) is 3.24 Å². The molecule has 0 heterocycles. The number of rotatable bonds is 6. The molecule has 3 aromatic rings. The Hall–Kier alpha value is -3.32. The van der Waals surface area contributed by atoms with Crippen LogP contribution in [0.4, 0.5) is 0 Å². The van der Waals surface area contributed by atoms with Gasteiger partial charge in [-0.2, -0.15) is 0 Å². The van der Waals surface area contributed by atoms with Crippen molar-refractivity contribution in [3.05, 3.63) is 126 Å². The molecule has 1 nitrogen and oxygen atoms in total. The lowest BCUT2D eigenvalue weighted by molar-refractivity contribution is 0.707. The van der Waals surface area contributed by atoms with E-state index in [0.29, 0.717) is 0 Å². The van der Waals surface area contributed by atoms with Gasteiger partial charge >= 0.3 is 0 Å². The summed E-state index contributed by atoms with van der Waals surface area (Å²) in [5.74, 6) is 0. The van der Waals surface area contributed by atoms with Crippen molar-refractivity contribution in [2.45, 2.75) is 0 Å². The molecule has 0 aliphatic rings. The van der Waals surface area contributed by atoms with Gasteiger partial charge in [0.1, 0.15) is 0 Å². The van der Waals surface area contributed by atoms with Gasteiger partial charge in [-0.25, -0.2) is 0 Å². The fourth-order valence-corrected chi connectivity index (χ4v) is 2.36. The number of hydrogen-bond donors (Lipinski definition) is 0. The Morgan fingerprint density at radius 3 is 0.960 bits per heavy atom. The summed E-state index contributed by atoms with van der Waals surface area (Å²) in [6.07, 6.45) is 12.5. The monoisotopic (exact) mass is 323 g/mol. The highest BCUT2D eigenvalue weighted by atomic mass is 15.1. The van der Waals surface area contributed by atoms with Gasteiger partial charge in [-0.1, -0.05) is 91.0 Å². The van der Waals surface area contributed by atoms with Crippen LogP contribution in [-0.2, 0) is 0 Å². The van der Waals surface area contributed by atoms with E-state index in [2.05, 4.69) is 78.1 Å². The Morgan fingerprint density at radius 1 is 0.400 bits per heavy atom. The van der Waals surface area contributed by atoms with E-state index in [1.807, 2.05) is 54.6 Å². The van der Waals surface area contributed by atoms with Crippen molar-refractivity contribution in [2.24, 2.45) is 0 Å². The van der Waals surface area contributed by atoms with Crippen LogP contribution in [0.3, 0.4) is 0 Å². The van der Waals surface area contributed by atoms with E-state index in [1.165, 1.54) is 16.7 Å². The van der Waals surface area contributed by atoms with Crippen molar-refractivity contribution in [3.8, 4) is 0 Å². The summed E-state index contributed by atoms with van der Waals surface area (Å²) in [4.78, 5) is 2.06. The molecule has 0 N–H and O–H groups in total. The normalized spacial score (nSPS) is 11.5. The van der Waals surface area contributed by atoms with Gasteiger partial charge in [-0.05, 0) is 34.9 Å². The van der Waals surface area contributed by atoms with Gasteiger partial charge in [-0.3, -0.25) is 0 Å². The third-order valence-corrected chi connectivity index (χ3v) is 3.72. The van der Waals surface area contributed by atoms with Gasteiger partial charge in [-0.15, -0.1) is 0 Å². The molecular weight excluding hydrogens is 302 g/mol. The summed E-state index contributed by atoms with van der Waals surface area (Å²) in [5, 5.41) is 0. The highest BCUT2D eigenvalue weighted by Gasteiger charge is 1.91. The molecule has 0 atom stereocenters. The zero-order chi connectivity index (χ0) is 17.2. The average molecular weight is 323 g/mol. The molecular formula is C24H21N. The second kappa shape index (κ2) is 9.09. The minimum absolute atomic E-state index is 1.17. The highest BCUT2D eigenvalue weighted by Crippen LogP contribution is 2.09. The number of hydrogen-bond acceptors (Lipinski definition) is 1. The first-order chi connectivity index (χ1) is 12.4. The number of benzene rings is 3. The molecule has 3 rings (SSSR count). The van der Waals surface area contributed by atoms with Crippen molar-refractivity contribution in [1.29, 1.82) is 0 Å². The van der Waals surface area contributed by atoms with Crippen LogP contribution in [0.25, 0.3) is 18.2 Å². The molecule has 0 spiro atoms. The van der Waals surface area contributed by atoms with Crippen LogP contribution in [-0.4, -0.2) is 4.90 Å². The Morgan fingerprint density at radius 2 is 0.680 bits per heavy atom. The standard InChI is InChI=1S/C24H21N/c1-4-10-22(11-5-1)16-19-25(20-17-23-12-6-2-7-13-23)21-18-24-14-8-3-9-15-24/h1-21H/b19-16+,20-17+,21-18+. The minimum atomic E-state index is 1.17. The molecule has 3 aromatic carbocycles. The lowest BCUT2D eigenvalue weighted by Gasteiger charge is -2.09. The molecule has 0 aliphatic carbocycles. The van der Waals surface area contributed by atoms with E-state index >= 15 is 0 Å². The summed E-state index contributed by atoms with van der Waals surface area (Å²) >= 11 is 0. The molecule has 0 aliphatic heterocycles. The maximum atomic E-state index is 2.10. The fraction of sp³-hybridized carbons (Fsp3) is 0. The van der Waals surface area contributed by atoms with E-state index < -0.39 is 0 Å². The minimum Gasteiger partial charge on any atom is -0.331 e. The van der Waals surface area contributed by atoms with Crippen LogP contribution < -0.4 is 0 Å². The molecule has 25 heavy (non-hydrogen) atoms. The third kappa shape index (κ3) is 5.67. The molecule has 0 radical (unpaired) electrons. The molecule has 0 aromatic heterocycles. The molecule has 0 saturated carbocycles. The zero-order valence-electron chi connectivity index (χ0n) is 14.1. The molecule has 0 fully saturated rings. The predicted molar refractivity (Wildman–Crippen MR) is 108 cm³/mol. The van der Waals surface area contributed by atoms with Gasteiger partial charge in [0.05, 0.1) is 0 Å². The van der Waals surface area contributed by atoms with E-state index in [0.717, 1.165) is 0 Å². The zero-order valence-corrected chi connectivity index (χ0v) is 14.1. The highest BCUT2D eigenvalue weighted by molar-refractivity contribution is 5.54. The van der Waals surface area contributed by atoms with Gasteiger partial charge in [0.2, 0.25) is 0 Å². The smallest absolute Gasteiger partial charge is 0.00879 e. The predicted octanol–water partition coefficient (Wildman–Crippen LogP) is 6.30. The summed E-state index contributed by atoms with van der Waals surface area (Å²) in [5.41, 5.74) is 3.52. The maximum absolute atomic E-state index is 2.10. The van der Waals surface area contributed by atoms with Crippen LogP contribution in [0.1, 0.15) is 16.7 Å². The molecule has 0 amide bonds. The molecule has 0 unspecified atom stereocenters. The Bertz CT molecular complexity index is 713. The van der Waals surface area contributed by atoms with Crippen LogP contribution >= 0.6 is 0 Å². The van der Waals surface area contributed by atoms with Crippen LogP contribution in [0.2, 0.25) is 0 Å². The Kier molecular flexibility index (Phi) is 6.01. The first-order valence-electron chi connectivity index (χ1n) is 8.37. The second-order valence-electron chi connectivity index (χ2n) is 5.63. The quantitative estimate of drug-likeness (QED) is 0.514. The van der Waals surface area contributed by atoms with E-state index in [1.54, 1.807) is 0 Å². The van der Waals surface area contributed by atoms with Crippen molar-refractivity contribution in [1.82, 2.24) is 4.90 Å². The van der Waals surface area contributed by atoms with Gasteiger partial charge in [0, 0.05) is 18.6 Å². The molecule has 122 valence electrons. The first-order valence-corrected chi connectivity index (χ1v) is 8.37. The number of nitrogens with zero attached hydrogens (tertiary/aromatic N) is 1. The SMILES string of the molecule is C(=C\N(/C=C/c1ccccc1)/C=C/c1ccccc1)/c1ccccc1. The van der Waals surface area contributed by atoms with Crippen molar-refractivity contribution < 1.29 is 0 Å². The van der Waals surface area contributed by atoms with Crippen molar-refractivity contribution >= 4 is 18.2 Å². The maximum Gasteiger partial charge on any atom is 0.00879 e. The Balaban J connectivity index is 1.79. The van der Waals surface area contributed by atoms with E-state index in [4.69, 9.17) is 0 Å². The molecule has 0 bridgehead atoms. The summed E-state index contributed by atoms with van der Waals surface area (Å²) in [7, 11) is 0. The third-order valence-electron chi connectivity index (χ3n) is 3.72. The second-order valence-corrected chi connectivity index (χ2v) is 5.63. The van der Waals surface area contributed by atoms with Crippen LogP contribution in [0.15, 0.2) is 110 Å². The fourth-order valence-electron chi connectivity index (χ4n) is 2.36. The lowest BCUT2D eigenvalue weighted by Crippen LogP contribution is -1.98. The summed E-state index contributed by atoms with van der Waals surface area (Å²) in [6, 6.07) is 30.9. The van der Waals surface area contributed by atoms with Crippen molar-refractivity contribution in [3.63, 3.8) is 0 Å². The van der Waals surface area contributed by atoms with Crippen LogP contribution in [0, 0.1) is 0 Å². The molecule has 1 heteroatoms.